The summed E-state index contributed by atoms with van der Waals surface area (Å²) in [5.41, 5.74) is 11.2. The van der Waals surface area contributed by atoms with Crippen molar-refractivity contribution in [3.63, 3.8) is 0 Å². The van der Waals surface area contributed by atoms with Gasteiger partial charge in [0.05, 0.1) is 24.4 Å². The molecule has 5 N–H and O–H groups in total. The molecule has 17 heteroatoms. The molecule has 0 unspecified atom stereocenters. The van der Waals surface area contributed by atoms with Gasteiger partial charge in [0.2, 0.25) is 0 Å². The Kier molecular flexibility index (Phi) is 20.9. The Morgan fingerprint density at radius 3 is 1.77 bits per heavy atom. The molecular formula is C48H52Cl3N7O5S2. The monoisotopic (exact) mass is 975 g/mol. The Morgan fingerprint density at radius 2 is 1.28 bits per heavy atom. The summed E-state index contributed by atoms with van der Waals surface area (Å²) in [5, 5.41) is 28.0. The van der Waals surface area contributed by atoms with E-state index in [9.17, 15) is 9.59 Å². The smallest absolute Gasteiger partial charge is 0.341 e. The van der Waals surface area contributed by atoms with Crippen molar-refractivity contribution in [3.05, 3.63) is 156 Å². The Labute approximate surface area is 406 Å². The minimum atomic E-state index is -0.970. The van der Waals surface area contributed by atoms with Crippen LogP contribution in [0.15, 0.2) is 84.9 Å². The lowest BCUT2D eigenvalue weighted by molar-refractivity contribution is -0.139. The molecule has 0 atom stereocenters. The minimum Gasteiger partial charge on any atom is -0.482 e. The van der Waals surface area contributed by atoms with Crippen molar-refractivity contribution in [3.8, 4) is 5.75 Å². The van der Waals surface area contributed by atoms with Gasteiger partial charge >= 0.3 is 5.97 Å². The van der Waals surface area contributed by atoms with Crippen LogP contribution in [0.1, 0.15) is 63.1 Å². The number of halogens is 3. The van der Waals surface area contributed by atoms with E-state index < -0.39 is 5.97 Å². The number of thiol groups is 1. The first-order chi connectivity index (χ1) is 31.0. The van der Waals surface area contributed by atoms with Crippen molar-refractivity contribution in [2.24, 2.45) is 0 Å². The van der Waals surface area contributed by atoms with E-state index in [0.29, 0.717) is 52.1 Å². The van der Waals surface area contributed by atoms with E-state index in [1.165, 1.54) is 27.8 Å². The molecule has 4 aromatic carbocycles. The van der Waals surface area contributed by atoms with Gasteiger partial charge in [-0.1, -0.05) is 96.4 Å². The largest absolute Gasteiger partial charge is 0.482 e. The van der Waals surface area contributed by atoms with E-state index in [-0.39, 0.29) is 29.9 Å². The number of aryl methyl sites for hydroxylation is 2. The molecule has 0 radical (unpaired) electrons. The molecule has 6 aromatic rings. The summed E-state index contributed by atoms with van der Waals surface area (Å²) in [6.45, 7) is 12.4. The second-order valence-electron chi connectivity index (χ2n) is 14.7. The zero-order valence-corrected chi connectivity index (χ0v) is 40.9. The fourth-order valence-corrected chi connectivity index (χ4v) is 7.27. The van der Waals surface area contributed by atoms with Crippen LogP contribution in [0.4, 0.5) is 23.0 Å². The highest BCUT2D eigenvalue weighted by Gasteiger charge is 2.13. The predicted molar refractivity (Wildman–Crippen MR) is 270 cm³/mol. The fourth-order valence-electron chi connectivity index (χ4n) is 6.37. The van der Waals surface area contributed by atoms with E-state index in [2.05, 4.69) is 75.4 Å². The highest BCUT2D eigenvalue weighted by molar-refractivity contribution is 7.96. The zero-order valence-electron chi connectivity index (χ0n) is 36.9. The molecule has 65 heavy (non-hydrogen) atoms. The predicted octanol–water partition coefficient (Wildman–Crippen LogP) is 10.7. The average Bonchev–Trinajstić information content (AvgIpc) is 3.24. The van der Waals surface area contributed by atoms with Crippen molar-refractivity contribution in [1.82, 2.24) is 25.3 Å². The number of carbonyl (C=O) groups excluding carboxylic acids is 1. The molecule has 2 aromatic heterocycles. The topological polar surface area (TPSA) is 171 Å². The van der Waals surface area contributed by atoms with Gasteiger partial charge in [0, 0.05) is 35.1 Å². The van der Waals surface area contributed by atoms with Gasteiger partial charge in [-0.15, -0.1) is 12.6 Å². The lowest BCUT2D eigenvalue weighted by Crippen LogP contribution is -2.27. The number of aliphatic hydroxyl groups excluding tert-OH is 1. The number of thiocarbonyl (C=S) groups is 1. The molecule has 2 heterocycles. The number of aromatic nitrogens is 4. The first-order valence-corrected chi connectivity index (χ1v) is 22.5. The third kappa shape index (κ3) is 17.2. The van der Waals surface area contributed by atoms with Crippen LogP contribution in [0.2, 0.25) is 15.3 Å². The summed E-state index contributed by atoms with van der Waals surface area (Å²) in [4.78, 5) is 39.1. The zero-order chi connectivity index (χ0) is 47.6. The van der Waals surface area contributed by atoms with Crippen LogP contribution in [0.5, 0.6) is 5.75 Å². The molecule has 6 rings (SSSR count). The van der Waals surface area contributed by atoms with Crippen LogP contribution in [0, 0.1) is 34.6 Å². The summed E-state index contributed by atoms with van der Waals surface area (Å²) in [6.07, 6.45) is 2.11. The average molecular weight is 977 g/mol. The maximum absolute atomic E-state index is 11.0. The number of nitrogens with zero attached hydrogens (tertiary/aromatic N) is 4. The van der Waals surface area contributed by atoms with Gasteiger partial charge in [-0.25, -0.2) is 24.7 Å². The van der Waals surface area contributed by atoms with Crippen molar-refractivity contribution in [1.29, 1.82) is 0 Å². The first kappa shape index (κ1) is 52.3. The van der Waals surface area contributed by atoms with Crippen LogP contribution < -0.4 is 20.7 Å². The van der Waals surface area contributed by atoms with Crippen LogP contribution in [-0.2, 0) is 35.3 Å². The lowest BCUT2D eigenvalue weighted by Gasteiger charge is -2.15. The number of carboxylic acids is 1. The highest BCUT2D eigenvalue weighted by atomic mass is 35.5. The summed E-state index contributed by atoms with van der Waals surface area (Å²) in [5.74, 6) is 1.73. The number of carboxylic acid groups (broad SMARTS) is 1. The Balaban J connectivity index is 0.000000214. The highest BCUT2D eigenvalue weighted by Crippen LogP contribution is 2.28. The summed E-state index contributed by atoms with van der Waals surface area (Å²) in [7, 11) is 0. The lowest BCUT2D eigenvalue weighted by atomic mass is 9.94. The molecule has 342 valence electrons. The number of hydrogen-bond acceptors (Lipinski definition) is 11. The molecule has 0 aliphatic heterocycles. The summed E-state index contributed by atoms with van der Waals surface area (Å²) >= 11 is 26.9. The third-order valence-electron chi connectivity index (χ3n) is 9.94. The number of anilines is 4. The fraction of sp³-hybridized carbons (Fsp3) is 0.271. The van der Waals surface area contributed by atoms with Gasteiger partial charge in [-0.05, 0) is 122 Å². The Morgan fingerprint density at radius 1 is 0.738 bits per heavy atom. The molecule has 12 nitrogen and oxygen atoms in total. The molecule has 0 amide bonds. The van der Waals surface area contributed by atoms with E-state index in [0.717, 1.165) is 45.9 Å². The van der Waals surface area contributed by atoms with Gasteiger partial charge < -0.3 is 30.9 Å². The van der Waals surface area contributed by atoms with E-state index in [1.54, 1.807) is 12.1 Å². The summed E-state index contributed by atoms with van der Waals surface area (Å²) in [6, 6.07) is 27.0. The summed E-state index contributed by atoms with van der Waals surface area (Å²) < 4.78 is 5.34. The van der Waals surface area contributed by atoms with Crippen LogP contribution in [0.25, 0.3) is 0 Å². The van der Waals surface area contributed by atoms with E-state index in [4.69, 9.17) is 62.0 Å². The van der Waals surface area contributed by atoms with Gasteiger partial charge in [-0.2, -0.15) is 0 Å². The molecule has 0 aliphatic carbocycles. The second kappa shape index (κ2) is 26.0. The first-order valence-electron chi connectivity index (χ1n) is 20.5. The quantitative estimate of drug-likeness (QED) is 0.0308. The SMILES string of the molecule is CCc1c(Cc2ccc(Cl)cc2)ccc(OCC(=O)O)c1C.Cc1cccc(Nc2cc(Cl)nc(CC(=O)S)n2)c1C.Cc1cccc(Nc2cc(Cl)nc(CC(=S)NCCO)n2)c1C. The van der Waals surface area contributed by atoms with Crippen molar-refractivity contribution in [2.45, 2.75) is 67.2 Å². The van der Waals surface area contributed by atoms with Gasteiger partial charge in [-0.3, -0.25) is 4.79 Å². The van der Waals surface area contributed by atoms with Crippen molar-refractivity contribution in [2.75, 3.05) is 30.4 Å². The number of hydrogen-bond donors (Lipinski definition) is 6. The number of nitrogens with one attached hydrogen (secondary N) is 3. The number of ether oxygens (including phenoxy) is 1. The number of aliphatic carboxylic acids is 1. The number of carbonyl (C=O) groups is 2. The van der Waals surface area contributed by atoms with Crippen molar-refractivity contribution < 1.29 is 24.5 Å². The minimum absolute atomic E-state index is 0.0238. The normalized spacial score (nSPS) is 10.4. The van der Waals surface area contributed by atoms with E-state index >= 15 is 0 Å². The maximum Gasteiger partial charge on any atom is 0.341 e. The second-order valence-corrected chi connectivity index (χ2v) is 16.9. The standard InChI is InChI=1S/C18H19ClO3.C16H19ClN4OS.C14H14ClN3OS/c1-3-16-12(2)17(22-11-18(20)21)9-6-14(16)10-13-4-7-15(19)8-5-13;1-10-4-3-5-12(11(10)2)19-14-8-13(17)20-15(21-14)9-16(23)18-6-7-22;1-8-4-3-5-10(9(8)2)16-12-6-11(15)17-13(18-12)7-14(19)20/h4-9H,3,10-11H2,1-2H3,(H,20,21);3-5,8,22H,6-7,9H2,1-2H3,(H,18,23)(H,19,20,21);3-6H,7H2,1-2H3,(H,19,20)(H,16,17,18). The van der Waals surface area contributed by atoms with Crippen LogP contribution in [0.3, 0.4) is 0 Å². The van der Waals surface area contributed by atoms with Crippen LogP contribution in [-0.4, -0.2) is 66.0 Å². The van der Waals surface area contributed by atoms with Gasteiger partial charge in [0.25, 0.3) is 0 Å². The number of benzene rings is 4. The number of rotatable bonds is 16. The number of aliphatic hydroxyl groups is 1. The van der Waals surface area contributed by atoms with Crippen molar-refractivity contribution >= 4 is 98.7 Å². The molecular weight excluding hydrogens is 925 g/mol. The maximum atomic E-state index is 11.0. The van der Waals surface area contributed by atoms with Crippen LogP contribution >= 0.6 is 59.6 Å². The van der Waals surface area contributed by atoms with Gasteiger partial charge in [0.15, 0.2) is 11.7 Å². The third-order valence-corrected chi connectivity index (χ3v) is 11.0. The molecule has 0 bridgehead atoms. The molecule has 0 aliphatic rings. The molecule has 0 saturated carbocycles. The Hall–Kier alpha value is -5.35. The molecule has 0 spiro atoms. The van der Waals surface area contributed by atoms with E-state index in [1.807, 2.05) is 87.5 Å². The van der Waals surface area contributed by atoms with Gasteiger partial charge in [0.1, 0.15) is 39.3 Å². The molecule has 0 saturated heterocycles. The molecule has 0 fully saturated rings. The Bertz CT molecular complexity index is 2600.